The Kier molecular flexibility index (Phi) is 5.39. The van der Waals surface area contributed by atoms with Gasteiger partial charge < -0.3 is 19.7 Å². The van der Waals surface area contributed by atoms with Crippen molar-refractivity contribution in [2.24, 2.45) is 0 Å². The molecular formula is C18H24N4O6. The molecule has 2 saturated heterocycles. The number of nitrogens with one attached hydrogen (secondary N) is 1. The van der Waals surface area contributed by atoms with Gasteiger partial charge in [-0.3, -0.25) is 14.9 Å². The van der Waals surface area contributed by atoms with Gasteiger partial charge in [0, 0.05) is 37.1 Å². The first-order chi connectivity index (χ1) is 13.2. The van der Waals surface area contributed by atoms with Crippen LogP contribution in [0.1, 0.15) is 46.5 Å². The molecule has 28 heavy (non-hydrogen) atoms. The number of rotatable bonds is 5. The Balaban J connectivity index is 1.68. The van der Waals surface area contributed by atoms with Crippen molar-refractivity contribution in [3.8, 4) is 5.88 Å². The van der Waals surface area contributed by atoms with E-state index in [1.54, 1.807) is 0 Å². The quantitative estimate of drug-likeness (QED) is 0.464. The van der Waals surface area contributed by atoms with Crippen molar-refractivity contribution < 1.29 is 24.0 Å². The Labute approximate surface area is 162 Å². The highest BCUT2D eigenvalue weighted by molar-refractivity contribution is 5.74. The first kappa shape index (κ1) is 19.8. The van der Waals surface area contributed by atoms with Crippen LogP contribution in [0.25, 0.3) is 0 Å². The minimum atomic E-state index is -0.623. The number of carbonyl (C=O) groups is 2. The van der Waals surface area contributed by atoms with Crippen molar-refractivity contribution in [2.75, 3.05) is 5.32 Å². The lowest BCUT2D eigenvalue weighted by Crippen LogP contribution is -2.50. The summed E-state index contributed by atoms with van der Waals surface area (Å²) in [5, 5.41) is 13.2. The van der Waals surface area contributed by atoms with Crippen molar-refractivity contribution in [1.82, 2.24) is 9.88 Å². The minimum Gasteiger partial charge on any atom is -0.474 e. The highest BCUT2D eigenvalue weighted by atomic mass is 16.6. The Morgan fingerprint density at radius 1 is 1.32 bits per heavy atom. The number of anilines is 1. The maximum atomic E-state index is 12.5. The van der Waals surface area contributed by atoms with Crippen molar-refractivity contribution in [3.05, 3.63) is 22.2 Å². The standard InChI is InChI=1S/C18H24N4O6/c1-18(2,3)28-17(24)21-11-4-5-12(21)9-13(8-11)27-15-7-6-14(22(25)26)16(20-15)19-10-23/h6-7,10-13H,4-5,8-9H2,1-3H3,(H,19,20,23). The molecule has 2 amide bonds. The third-order valence-electron chi connectivity index (χ3n) is 4.82. The van der Waals surface area contributed by atoms with E-state index in [9.17, 15) is 19.7 Å². The van der Waals surface area contributed by atoms with E-state index in [1.165, 1.54) is 12.1 Å². The molecule has 2 aliphatic heterocycles. The van der Waals surface area contributed by atoms with Crippen LogP contribution in [-0.2, 0) is 9.53 Å². The summed E-state index contributed by atoms with van der Waals surface area (Å²) < 4.78 is 11.4. The Bertz CT molecular complexity index is 764. The van der Waals surface area contributed by atoms with Gasteiger partial charge in [0.05, 0.1) is 4.92 Å². The fraction of sp³-hybridized carbons (Fsp3) is 0.611. The van der Waals surface area contributed by atoms with Gasteiger partial charge in [0.2, 0.25) is 18.1 Å². The van der Waals surface area contributed by atoms with Crippen molar-refractivity contribution >= 4 is 24.0 Å². The molecule has 0 radical (unpaired) electrons. The first-order valence-corrected chi connectivity index (χ1v) is 9.21. The summed E-state index contributed by atoms with van der Waals surface area (Å²) >= 11 is 0. The van der Waals surface area contributed by atoms with Crippen LogP contribution in [0.4, 0.5) is 16.3 Å². The molecular weight excluding hydrogens is 368 g/mol. The molecule has 3 rings (SSSR count). The van der Waals surface area contributed by atoms with E-state index in [0.29, 0.717) is 19.3 Å². The average Bonchev–Trinajstić information content (AvgIpc) is 2.85. The number of nitro groups is 1. The second-order valence-electron chi connectivity index (χ2n) is 8.02. The van der Waals surface area contributed by atoms with E-state index >= 15 is 0 Å². The molecule has 0 saturated carbocycles. The van der Waals surface area contributed by atoms with Crippen LogP contribution < -0.4 is 10.1 Å². The molecule has 1 aromatic heterocycles. The van der Waals surface area contributed by atoms with Gasteiger partial charge in [0.1, 0.15) is 11.7 Å². The molecule has 10 heteroatoms. The number of piperidine rings is 1. The molecule has 2 fully saturated rings. The zero-order chi connectivity index (χ0) is 20.5. The number of hydrogen-bond donors (Lipinski definition) is 1. The van der Waals surface area contributed by atoms with Gasteiger partial charge >= 0.3 is 11.8 Å². The molecule has 2 unspecified atom stereocenters. The summed E-state index contributed by atoms with van der Waals surface area (Å²) in [5.74, 6) is 0.0386. The largest absolute Gasteiger partial charge is 0.474 e. The van der Waals surface area contributed by atoms with Crippen molar-refractivity contribution in [2.45, 2.75) is 70.2 Å². The number of amides is 2. The lowest BCUT2D eigenvalue weighted by molar-refractivity contribution is -0.384. The highest BCUT2D eigenvalue weighted by Gasteiger charge is 2.45. The topological polar surface area (TPSA) is 124 Å². The molecule has 1 aromatic rings. The molecule has 0 aromatic carbocycles. The molecule has 152 valence electrons. The normalized spacial score (nSPS) is 23.8. The third kappa shape index (κ3) is 4.32. The van der Waals surface area contributed by atoms with E-state index < -0.39 is 10.5 Å². The minimum absolute atomic E-state index is 0.0317. The molecule has 2 bridgehead atoms. The Hall–Kier alpha value is -2.91. The van der Waals surface area contributed by atoms with Crippen LogP contribution in [-0.4, -0.2) is 51.1 Å². The summed E-state index contributed by atoms with van der Waals surface area (Å²) in [6, 6.07) is 2.72. The summed E-state index contributed by atoms with van der Waals surface area (Å²) in [6.07, 6.45) is 2.89. The predicted octanol–water partition coefficient (Wildman–Crippen LogP) is 2.87. The summed E-state index contributed by atoms with van der Waals surface area (Å²) in [5.41, 5.74) is -0.853. The van der Waals surface area contributed by atoms with E-state index in [2.05, 4.69) is 10.3 Å². The van der Waals surface area contributed by atoms with Crippen molar-refractivity contribution in [3.63, 3.8) is 0 Å². The van der Waals surface area contributed by atoms with Gasteiger partial charge in [0.25, 0.3) is 0 Å². The lowest BCUT2D eigenvalue weighted by atomic mass is 10.0. The van der Waals surface area contributed by atoms with Crippen LogP contribution in [0.5, 0.6) is 5.88 Å². The number of hydrogen-bond acceptors (Lipinski definition) is 7. The lowest BCUT2D eigenvalue weighted by Gasteiger charge is -2.39. The van der Waals surface area contributed by atoms with Gasteiger partial charge in [-0.15, -0.1) is 0 Å². The van der Waals surface area contributed by atoms with Gasteiger partial charge in [-0.25, -0.2) is 4.79 Å². The van der Waals surface area contributed by atoms with Crippen LogP contribution in [0.2, 0.25) is 0 Å². The fourth-order valence-corrected chi connectivity index (χ4v) is 3.82. The molecule has 0 spiro atoms. The van der Waals surface area contributed by atoms with E-state index in [-0.39, 0.29) is 41.7 Å². The van der Waals surface area contributed by atoms with Gasteiger partial charge in [-0.05, 0) is 33.6 Å². The van der Waals surface area contributed by atoms with Gasteiger partial charge in [-0.1, -0.05) is 0 Å². The SMILES string of the molecule is CC(C)(C)OC(=O)N1C2CCC1CC(Oc1ccc([N+](=O)[O-])c(NC=O)n1)C2. The van der Waals surface area contributed by atoms with Gasteiger partial charge in [-0.2, -0.15) is 4.98 Å². The Morgan fingerprint density at radius 3 is 2.50 bits per heavy atom. The second-order valence-corrected chi connectivity index (χ2v) is 8.02. The first-order valence-electron chi connectivity index (χ1n) is 9.21. The van der Waals surface area contributed by atoms with Gasteiger partial charge in [0.15, 0.2) is 0 Å². The second kappa shape index (κ2) is 7.61. The highest BCUT2D eigenvalue weighted by Crippen LogP contribution is 2.38. The monoisotopic (exact) mass is 392 g/mol. The maximum absolute atomic E-state index is 12.5. The zero-order valence-corrected chi connectivity index (χ0v) is 16.1. The molecule has 1 N–H and O–H groups in total. The van der Waals surface area contributed by atoms with Crippen LogP contribution in [0.15, 0.2) is 12.1 Å². The fourth-order valence-electron chi connectivity index (χ4n) is 3.82. The Morgan fingerprint density at radius 2 is 1.96 bits per heavy atom. The van der Waals surface area contributed by atoms with Crippen LogP contribution >= 0.6 is 0 Å². The third-order valence-corrected chi connectivity index (χ3v) is 4.82. The number of carbonyl (C=O) groups excluding carboxylic acids is 2. The summed E-state index contributed by atoms with van der Waals surface area (Å²) in [4.78, 5) is 39.4. The molecule has 10 nitrogen and oxygen atoms in total. The summed E-state index contributed by atoms with van der Waals surface area (Å²) in [7, 11) is 0. The van der Waals surface area contributed by atoms with E-state index in [0.717, 1.165) is 12.8 Å². The molecule has 3 heterocycles. The molecule has 2 aliphatic rings. The van der Waals surface area contributed by atoms with Crippen LogP contribution in [0, 0.1) is 10.1 Å². The predicted molar refractivity (Wildman–Crippen MR) is 99.1 cm³/mol. The average molecular weight is 392 g/mol. The van der Waals surface area contributed by atoms with E-state index in [1.807, 2.05) is 25.7 Å². The maximum Gasteiger partial charge on any atom is 0.410 e. The van der Waals surface area contributed by atoms with Crippen LogP contribution in [0.3, 0.4) is 0 Å². The number of fused-ring (bicyclic) bond motifs is 2. The zero-order valence-electron chi connectivity index (χ0n) is 16.1. The summed E-state index contributed by atoms with van der Waals surface area (Å²) in [6.45, 7) is 5.52. The molecule has 0 aliphatic carbocycles. The molecule has 2 atom stereocenters. The smallest absolute Gasteiger partial charge is 0.410 e. The number of aromatic nitrogens is 1. The van der Waals surface area contributed by atoms with E-state index in [4.69, 9.17) is 9.47 Å². The number of nitrogens with zero attached hydrogens (tertiary/aromatic N) is 3. The van der Waals surface area contributed by atoms with Crippen molar-refractivity contribution in [1.29, 1.82) is 0 Å². The number of pyridine rings is 1. The number of ether oxygens (including phenoxy) is 2.